The Balaban J connectivity index is 1.71. The van der Waals surface area contributed by atoms with Gasteiger partial charge in [-0.15, -0.1) is 11.3 Å². The Morgan fingerprint density at radius 3 is 2.78 bits per heavy atom. The van der Waals surface area contributed by atoms with Crippen molar-refractivity contribution in [3.63, 3.8) is 0 Å². The first-order valence-electron chi connectivity index (χ1n) is 7.69. The van der Waals surface area contributed by atoms with E-state index >= 15 is 0 Å². The highest BCUT2D eigenvalue weighted by atomic mass is 32.1. The first-order chi connectivity index (χ1) is 11.1. The van der Waals surface area contributed by atoms with E-state index < -0.39 is 12.2 Å². The van der Waals surface area contributed by atoms with Crippen LogP contribution < -0.4 is 10.1 Å². The number of fused-ring (bicyclic) bond motifs is 1. The topological polar surface area (TPSA) is 91.7 Å². The summed E-state index contributed by atoms with van der Waals surface area (Å²) in [5, 5.41) is 22.6. The number of para-hydroxylation sites is 1. The van der Waals surface area contributed by atoms with E-state index in [1.807, 2.05) is 18.2 Å². The molecule has 7 heteroatoms. The summed E-state index contributed by atoms with van der Waals surface area (Å²) in [5.74, 6) is 0.833. The second-order valence-electron chi connectivity index (χ2n) is 5.87. The standard InChI is InChI=1S/C16H20N2O4S/c1-22-11-3-2-4-12-13(11)18-15(23-12)14(19)9-5-7-10(8-6-9)17-16(20)21/h2-4,9-10,14,17,19H,5-8H2,1H3,(H,20,21). The maximum Gasteiger partial charge on any atom is 0.404 e. The van der Waals surface area contributed by atoms with Gasteiger partial charge in [-0.3, -0.25) is 0 Å². The summed E-state index contributed by atoms with van der Waals surface area (Å²) < 4.78 is 6.32. The van der Waals surface area contributed by atoms with E-state index in [2.05, 4.69) is 10.3 Å². The van der Waals surface area contributed by atoms with E-state index in [9.17, 15) is 9.90 Å². The molecule has 1 unspecified atom stereocenters. The Morgan fingerprint density at radius 1 is 1.39 bits per heavy atom. The summed E-state index contributed by atoms with van der Waals surface area (Å²) in [5.41, 5.74) is 0.787. The number of methoxy groups -OCH3 is 1. The van der Waals surface area contributed by atoms with Crippen LogP contribution in [0.3, 0.4) is 0 Å². The lowest BCUT2D eigenvalue weighted by molar-refractivity contribution is 0.0778. The van der Waals surface area contributed by atoms with Gasteiger partial charge in [-0.2, -0.15) is 0 Å². The number of amides is 1. The first kappa shape index (κ1) is 16.0. The molecule has 23 heavy (non-hydrogen) atoms. The molecule has 0 spiro atoms. The molecular formula is C16H20N2O4S. The van der Waals surface area contributed by atoms with Crippen molar-refractivity contribution < 1.29 is 19.7 Å². The first-order valence-corrected chi connectivity index (χ1v) is 8.51. The van der Waals surface area contributed by atoms with Gasteiger partial charge in [0.15, 0.2) is 0 Å². The number of aromatic nitrogens is 1. The Kier molecular flexibility index (Phi) is 4.68. The van der Waals surface area contributed by atoms with Gasteiger partial charge < -0.3 is 20.3 Å². The Hall–Kier alpha value is -1.86. The van der Waals surface area contributed by atoms with Crippen molar-refractivity contribution in [3.8, 4) is 5.75 Å². The number of rotatable bonds is 4. The molecule has 1 fully saturated rings. The minimum atomic E-state index is -0.979. The van der Waals surface area contributed by atoms with Crippen LogP contribution in [0.25, 0.3) is 10.2 Å². The summed E-state index contributed by atoms with van der Waals surface area (Å²) in [7, 11) is 1.61. The van der Waals surface area contributed by atoms with E-state index in [1.165, 1.54) is 11.3 Å². The van der Waals surface area contributed by atoms with Crippen molar-refractivity contribution in [1.29, 1.82) is 0 Å². The fourth-order valence-corrected chi connectivity index (χ4v) is 4.25. The third kappa shape index (κ3) is 3.40. The zero-order valence-electron chi connectivity index (χ0n) is 12.9. The summed E-state index contributed by atoms with van der Waals surface area (Å²) >= 11 is 1.49. The van der Waals surface area contributed by atoms with Crippen molar-refractivity contribution >= 4 is 27.6 Å². The smallest absolute Gasteiger partial charge is 0.404 e. The van der Waals surface area contributed by atoms with Crippen molar-refractivity contribution in [2.45, 2.75) is 37.8 Å². The summed E-state index contributed by atoms with van der Waals surface area (Å²) in [4.78, 5) is 15.2. The zero-order chi connectivity index (χ0) is 16.4. The van der Waals surface area contributed by atoms with Crippen molar-refractivity contribution in [2.24, 2.45) is 5.92 Å². The lowest BCUT2D eigenvalue weighted by Crippen LogP contribution is -2.37. The highest BCUT2D eigenvalue weighted by molar-refractivity contribution is 7.18. The van der Waals surface area contributed by atoms with Crippen LogP contribution in [0.4, 0.5) is 4.79 Å². The van der Waals surface area contributed by atoms with E-state index in [-0.39, 0.29) is 12.0 Å². The van der Waals surface area contributed by atoms with Crippen LogP contribution in [0.5, 0.6) is 5.75 Å². The maximum atomic E-state index is 10.7. The third-order valence-corrected chi connectivity index (χ3v) is 5.51. The number of nitrogens with one attached hydrogen (secondary N) is 1. The van der Waals surface area contributed by atoms with Gasteiger partial charge in [0, 0.05) is 6.04 Å². The molecule has 2 aromatic rings. The highest BCUT2D eigenvalue weighted by Gasteiger charge is 2.30. The van der Waals surface area contributed by atoms with Gasteiger partial charge >= 0.3 is 6.09 Å². The molecule has 1 aromatic carbocycles. The van der Waals surface area contributed by atoms with E-state index in [0.717, 1.165) is 35.9 Å². The molecule has 1 atom stereocenters. The molecule has 6 nitrogen and oxygen atoms in total. The maximum absolute atomic E-state index is 10.7. The Morgan fingerprint density at radius 2 is 2.13 bits per heavy atom. The highest BCUT2D eigenvalue weighted by Crippen LogP contribution is 2.39. The second kappa shape index (κ2) is 6.72. The average molecular weight is 336 g/mol. The molecule has 1 amide bonds. The van der Waals surface area contributed by atoms with Crippen molar-refractivity contribution in [2.75, 3.05) is 7.11 Å². The van der Waals surface area contributed by atoms with Crippen LogP contribution in [0.15, 0.2) is 18.2 Å². The number of thiazole rings is 1. The monoisotopic (exact) mass is 336 g/mol. The van der Waals surface area contributed by atoms with Gasteiger partial charge in [-0.05, 0) is 43.7 Å². The largest absolute Gasteiger partial charge is 0.494 e. The van der Waals surface area contributed by atoms with Crippen LogP contribution in [0.2, 0.25) is 0 Å². The number of carbonyl (C=O) groups is 1. The number of hydrogen-bond donors (Lipinski definition) is 3. The van der Waals surface area contributed by atoms with Crippen LogP contribution in [0.1, 0.15) is 36.8 Å². The third-order valence-electron chi connectivity index (χ3n) is 4.42. The van der Waals surface area contributed by atoms with Gasteiger partial charge in [0.05, 0.1) is 11.8 Å². The number of carboxylic acid groups (broad SMARTS) is 1. The predicted molar refractivity (Wildman–Crippen MR) is 88.0 cm³/mol. The van der Waals surface area contributed by atoms with Crippen LogP contribution in [-0.2, 0) is 0 Å². The Bertz CT molecular complexity index is 694. The second-order valence-corrected chi connectivity index (χ2v) is 6.93. The molecule has 0 aliphatic heterocycles. The fourth-order valence-electron chi connectivity index (χ4n) is 3.19. The normalized spacial score (nSPS) is 22.7. The summed E-state index contributed by atoms with van der Waals surface area (Å²) in [6.07, 6.45) is 1.50. The predicted octanol–water partition coefficient (Wildman–Crippen LogP) is 3.16. The number of aliphatic hydroxyl groups excluding tert-OH is 1. The van der Waals surface area contributed by atoms with Gasteiger partial charge in [0.2, 0.25) is 0 Å². The summed E-state index contributed by atoms with van der Waals surface area (Å²) in [6, 6.07) is 5.74. The van der Waals surface area contributed by atoms with Gasteiger partial charge in [0.25, 0.3) is 0 Å². The molecule has 0 saturated heterocycles. The van der Waals surface area contributed by atoms with Crippen molar-refractivity contribution in [1.82, 2.24) is 10.3 Å². The molecule has 1 aliphatic rings. The fraction of sp³-hybridized carbons (Fsp3) is 0.500. The zero-order valence-corrected chi connectivity index (χ0v) is 13.7. The summed E-state index contributed by atoms with van der Waals surface area (Å²) in [6.45, 7) is 0. The van der Waals surface area contributed by atoms with Gasteiger partial charge in [0.1, 0.15) is 22.4 Å². The average Bonchev–Trinajstić information content (AvgIpc) is 2.98. The molecule has 1 aromatic heterocycles. The van der Waals surface area contributed by atoms with Crippen LogP contribution in [0, 0.1) is 5.92 Å². The molecule has 1 heterocycles. The van der Waals surface area contributed by atoms with E-state index in [4.69, 9.17) is 9.84 Å². The molecule has 3 N–H and O–H groups in total. The minimum absolute atomic E-state index is 0.00795. The molecule has 1 saturated carbocycles. The number of benzene rings is 1. The quantitative estimate of drug-likeness (QED) is 0.797. The number of hydrogen-bond acceptors (Lipinski definition) is 5. The molecular weight excluding hydrogens is 316 g/mol. The minimum Gasteiger partial charge on any atom is -0.494 e. The Labute approximate surface area is 138 Å². The molecule has 1 aliphatic carbocycles. The SMILES string of the molecule is COc1cccc2sc(C(O)C3CCC(NC(=O)O)CC3)nc12. The molecule has 0 radical (unpaired) electrons. The van der Waals surface area contributed by atoms with E-state index in [0.29, 0.717) is 10.8 Å². The number of nitrogens with zero attached hydrogens (tertiary/aromatic N) is 1. The lowest BCUT2D eigenvalue weighted by atomic mass is 9.83. The van der Waals surface area contributed by atoms with Crippen LogP contribution >= 0.6 is 11.3 Å². The van der Waals surface area contributed by atoms with Crippen LogP contribution in [-0.4, -0.2) is 34.4 Å². The van der Waals surface area contributed by atoms with Gasteiger partial charge in [-0.1, -0.05) is 6.07 Å². The van der Waals surface area contributed by atoms with Crippen molar-refractivity contribution in [3.05, 3.63) is 23.2 Å². The molecule has 0 bridgehead atoms. The van der Waals surface area contributed by atoms with Gasteiger partial charge in [-0.25, -0.2) is 9.78 Å². The lowest BCUT2D eigenvalue weighted by Gasteiger charge is -2.30. The number of aliphatic hydroxyl groups is 1. The van der Waals surface area contributed by atoms with E-state index in [1.54, 1.807) is 7.11 Å². The molecule has 3 rings (SSSR count). The number of ether oxygens (including phenoxy) is 1. The molecule has 124 valence electrons.